The Labute approximate surface area is 273 Å². The summed E-state index contributed by atoms with van der Waals surface area (Å²) in [6, 6.07) is 55.3. The highest BCUT2D eigenvalue weighted by atomic mass is 16.3. The molecular weight excluding hydrogens is 571 g/mol. The normalized spacial score (nSPS) is 13.5. The van der Waals surface area contributed by atoms with E-state index in [0.29, 0.717) is 0 Å². The van der Waals surface area contributed by atoms with Crippen LogP contribution >= 0.6 is 0 Å². The van der Waals surface area contributed by atoms with Gasteiger partial charge in [-0.1, -0.05) is 123 Å². The minimum absolute atomic E-state index is 0.102. The molecule has 0 atom stereocenters. The van der Waals surface area contributed by atoms with Gasteiger partial charge >= 0.3 is 0 Å². The van der Waals surface area contributed by atoms with E-state index in [9.17, 15) is 0 Å². The van der Waals surface area contributed by atoms with E-state index < -0.39 is 0 Å². The van der Waals surface area contributed by atoms with Gasteiger partial charge in [-0.3, -0.25) is 0 Å². The van der Waals surface area contributed by atoms with E-state index >= 15 is 0 Å². The summed E-state index contributed by atoms with van der Waals surface area (Å²) in [5.41, 5.74) is 10.5. The maximum atomic E-state index is 6.52. The molecule has 0 N–H and O–H groups in total. The van der Waals surface area contributed by atoms with Crippen LogP contribution in [0.4, 0.5) is 17.1 Å². The molecule has 10 rings (SSSR count). The van der Waals surface area contributed by atoms with Crippen molar-refractivity contribution >= 4 is 71.3 Å². The first-order chi connectivity index (χ1) is 23.1. The Bertz CT molecular complexity index is 2730. The zero-order chi connectivity index (χ0) is 31.3. The van der Waals surface area contributed by atoms with Gasteiger partial charge in [0.2, 0.25) is 0 Å². The standard InChI is InChI=1S/C45H31NO/c1-45(2)40-15-7-5-12-34(40)35-23-21-31(27-41(35)45)46(30-20-22-33-29(26-30)19-18-28-10-3-4-11-32(28)33)42-16-9-14-38-36(42)24-25-39-37-13-6-8-17-43(37)47-44(38)39/h3-27H,1-2H3. The minimum Gasteiger partial charge on any atom is -0.455 e. The highest BCUT2D eigenvalue weighted by Crippen LogP contribution is 2.51. The van der Waals surface area contributed by atoms with Crippen molar-refractivity contribution in [3.63, 3.8) is 0 Å². The van der Waals surface area contributed by atoms with Gasteiger partial charge in [0.1, 0.15) is 11.2 Å². The van der Waals surface area contributed by atoms with Gasteiger partial charge in [-0.15, -0.1) is 0 Å². The molecule has 47 heavy (non-hydrogen) atoms. The number of rotatable bonds is 3. The predicted molar refractivity (Wildman–Crippen MR) is 198 cm³/mol. The highest BCUT2D eigenvalue weighted by molar-refractivity contribution is 6.18. The molecule has 8 aromatic carbocycles. The van der Waals surface area contributed by atoms with Crippen molar-refractivity contribution in [2.24, 2.45) is 0 Å². The molecule has 0 unspecified atom stereocenters. The average Bonchev–Trinajstić information content (AvgIpc) is 3.61. The van der Waals surface area contributed by atoms with Gasteiger partial charge in [0.25, 0.3) is 0 Å². The fraction of sp³-hybridized carbons (Fsp3) is 0.0667. The topological polar surface area (TPSA) is 16.4 Å². The number of fused-ring (bicyclic) bond motifs is 11. The molecule has 0 amide bonds. The first-order valence-electron chi connectivity index (χ1n) is 16.4. The van der Waals surface area contributed by atoms with Crippen LogP contribution in [0.3, 0.4) is 0 Å². The van der Waals surface area contributed by atoms with Gasteiger partial charge in [0, 0.05) is 38.3 Å². The zero-order valence-electron chi connectivity index (χ0n) is 26.3. The average molecular weight is 602 g/mol. The summed E-state index contributed by atoms with van der Waals surface area (Å²) in [5, 5.41) is 9.58. The maximum absolute atomic E-state index is 6.52. The van der Waals surface area contributed by atoms with Crippen molar-refractivity contribution in [1.82, 2.24) is 0 Å². The van der Waals surface area contributed by atoms with E-state index in [0.717, 1.165) is 49.8 Å². The molecule has 0 saturated carbocycles. The molecule has 1 heterocycles. The third-order valence-electron chi connectivity index (χ3n) is 10.4. The van der Waals surface area contributed by atoms with Crippen molar-refractivity contribution in [2.75, 3.05) is 4.90 Å². The van der Waals surface area contributed by atoms with Crippen molar-refractivity contribution in [3.8, 4) is 11.1 Å². The Morgan fingerprint density at radius 1 is 0.447 bits per heavy atom. The van der Waals surface area contributed by atoms with Crippen LogP contribution in [0, 0.1) is 0 Å². The molecule has 0 saturated heterocycles. The Morgan fingerprint density at radius 2 is 1.09 bits per heavy atom. The number of hydrogen-bond donors (Lipinski definition) is 0. The second-order valence-electron chi connectivity index (χ2n) is 13.3. The van der Waals surface area contributed by atoms with Crippen LogP contribution in [0.1, 0.15) is 25.0 Å². The number of benzene rings is 8. The summed E-state index contributed by atoms with van der Waals surface area (Å²) in [7, 11) is 0. The Morgan fingerprint density at radius 3 is 2.02 bits per heavy atom. The van der Waals surface area contributed by atoms with Gasteiger partial charge in [0.05, 0.1) is 5.69 Å². The molecule has 1 aliphatic rings. The summed E-state index contributed by atoms with van der Waals surface area (Å²) in [6.45, 7) is 4.70. The van der Waals surface area contributed by atoms with Gasteiger partial charge in [-0.2, -0.15) is 0 Å². The molecule has 0 fully saturated rings. The van der Waals surface area contributed by atoms with Gasteiger partial charge < -0.3 is 9.32 Å². The van der Waals surface area contributed by atoms with Crippen LogP contribution in [-0.4, -0.2) is 0 Å². The van der Waals surface area contributed by atoms with Crippen molar-refractivity contribution < 1.29 is 4.42 Å². The van der Waals surface area contributed by atoms with E-state index in [1.54, 1.807) is 0 Å². The first-order valence-corrected chi connectivity index (χ1v) is 16.4. The van der Waals surface area contributed by atoms with Crippen LogP contribution in [-0.2, 0) is 5.41 Å². The fourth-order valence-electron chi connectivity index (χ4n) is 8.12. The number of para-hydroxylation sites is 1. The molecule has 1 aliphatic carbocycles. The first kappa shape index (κ1) is 26.4. The van der Waals surface area contributed by atoms with Crippen LogP contribution in [0.15, 0.2) is 156 Å². The maximum Gasteiger partial charge on any atom is 0.143 e. The number of nitrogens with zero attached hydrogens (tertiary/aromatic N) is 1. The van der Waals surface area contributed by atoms with E-state index in [1.165, 1.54) is 43.8 Å². The predicted octanol–water partition coefficient (Wildman–Crippen LogP) is 12.8. The van der Waals surface area contributed by atoms with E-state index in [2.05, 4.69) is 164 Å². The molecule has 0 aliphatic heterocycles. The Balaban J connectivity index is 1.24. The third kappa shape index (κ3) is 3.73. The third-order valence-corrected chi connectivity index (χ3v) is 10.4. The second kappa shape index (κ2) is 9.57. The molecule has 2 nitrogen and oxygen atoms in total. The van der Waals surface area contributed by atoms with Crippen molar-refractivity contribution in [1.29, 1.82) is 0 Å². The number of hydrogen-bond acceptors (Lipinski definition) is 2. The molecule has 0 radical (unpaired) electrons. The molecule has 1 aromatic heterocycles. The lowest BCUT2D eigenvalue weighted by molar-refractivity contribution is 0.660. The SMILES string of the molecule is CC1(C)c2ccccc2-c2ccc(N(c3ccc4c(ccc5ccccc54)c3)c3cccc4c3ccc3c5ccccc5oc43)cc21. The summed E-state index contributed by atoms with van der Waals surface area (Å²) < 4.78 is 6.52. The zero-order valence-corrected chi connectivity index (χ0v) is 26.3. The van der Waals surface area contributed by atoms with Gasteiger partial charge in [0.15, 0.2) is 0 Å². The molecule has 222 valence electrons. The Kier molecular flexibility index (Phi) is 5.37. The van der Waals surface area contributed by atoms with Crippen LogP contribution in [0.2, 0.25) is 0 Å². The molecular formula is C45H31NO. The summed E-state index contributed by atoms with van der Waals surface area (Å²) in [6.07, 6.45) is 0. The fourth-order valence-corrected chi connectivity index (χ4v) is 8.12. The van der Waals surface area contributed by atoms with Crippen molar-refractivity contribution in [3.05, 3.63) is 163 Å². The number of anilines is 3. The summed E-state index contributed by atoms with van der Waals surface area (Å²) in [5.74, 6) is 0. The lowest BCUT2D eigenvalue weighted by Crippen LogP contribution is -2.16. The smallest absolute Gasteiger partial charge is 0.143 e. The highest BCUT2D eigenvalue weighted by Gasteiger charge is 2.35. The van der Waals surface area contributed by atoms with Crippen LogP contribution in [0.25, 0.3) is 65.4 Å². The van der Waals surface area contributed by atoms with E-state index in [-0.39, 0.29) is 5.41 Å². The molecule has 2 heteroatoms. The van der Waals surface area contributed by atoms with Gasteiger partial charge in [-0.05, 0) is 86.3 Å². The summed E-state index contributed by atoms with van der Waals surface area (Å²) in [4.78, 5) is 2.44. The monoisotopic (exact) mass is 601 g/mol. The molecule has 0 spiro atoms. The van der Waals surface area contributed by atoms with Gasteiger partial charge in [-0.25, -0.2) is 0 Å². The quantitative estimate of drug-likeness (QED) is 0.187. The van der Waals surface area contributed by atoms with Crippen molar-refractivity contribution in [2.45, 2.75) is 19.3 Å². The van der Waals surface area contributed by atoms with E-state index in [1.807, 2.05) is 6.07 Å². The van der Waals surface area contributed by atoms with E-state index in [4.69, 9.17) is 4.42 Å². The Hall–Kier alpha value is -5.86. The second-order valence-corrected chi connectivity index (χ2v) is 13.3. The number of furan rings is 1. The lowest BCUT2D eigenvalue weighted by atomic mass is 9.82. The van der Waals surface area contributed by atoms with Crippen LogP contribution < -0.4 is 4.90 Å². The minimum atomic E-state index is -0.102. The van der Waals surface area contributed by atoms with Crippen LogP contribution in [0.5, 0.6) is 0 Å². The summed E-state index contributed by atoms with van der Waals surface area (Å²) >= 11 is 0. The lowest BCUT2D eigenvalue weighted by Gasteiger charge is -2.29. The largest absolute Gasteiger partial charge is 0.455 e. The molecule has 9 aromatic rings. The molecule has 0 bridgehead atoms.